The van der Waals surface area contributed by atoms with E-state index in [0.717, 1.165) is 12.8 Å². The molecule has 0 N–H and O–H groups in total. The number of hydrogen-bond acceptors (Lipinski definition) is 0. The third-order valence-electron chi connectivity index (χ3n) is 14.6. The molecule has 0 nitrogen and oxygen atoms in total. The van der Waals surface area contributed by atoms with Crippen molar-refractivity contribution >= 4 is 23.3 Å². The third-order valence-corrected chi connectivity index (χ3v) is 14.6. The molecule has 356 valence electrons. The molecule has 0 aromatic heterocycles. The Balaban J connectivity index is 0.000000417. The summed E-state index contributed by atoms with van der Waals surface area (Å²) in [7, 11) is 0. The average Bonchev–Trinajstić information content (AvgIpc) is 3.77. The minimum Gasteiger partial charge on any atom is -0.0991 e. The van der Waals surface area contributed by atoms with E-state index in [1.807, 2.05) is 50.3 Å². The highest BCUT2D eigenvalue weighted by atomic mass is 14.4. The summed E-state index contributed by atoms with van der Waals surface area (Å²) in [6, 6.07) is 36.6. The van der Waals surface area contributed by atoms with Gasteiger partial charge in [-0.25, -0.2) is 0 Å². The molecule has 0 saturated heterocycles. The Kier molecular flexibility index (Phi) is 18.7. The lowest BCUT2D eigenvalue weighted by molar-refractivity contribution is 0.626. The maximum atomic E-state index is 4.25. The Hall–Kier alpha value is -6.50. The van der Waals surface area contributed by atoms with E-state index >= 15 is 0 Å². The highest BCUT2D eigenvalue weighted by Crippen LogP contribution is 2.55. The van der Waals surface area contributed by atoms with Crippen LogP contribution in [-0.2, 0) is 5.41 Å². The number of rotatable bonds is 16. The van der Waals surface area contributed by atoms with E-state index in [1.54, 1.807) is 0 Å². The maximum absolute atomic E-state index is 4.25. The van der Waals surface area contributed by atoms with E-state index in [2.05, 4.69) is 223 Å². The van der Waals surface area contributed by atoms with Crippen molar-refractivity contribution < 1.29 is 0 Å². The molecular formula is C69H80. The SMILES string of the molecule is C=C/C=C(\C=C)C(CC)c1cccc(C)c1.C=C/C=C(\C=C/C)c1cccc(C(/C(=C/C)C2=C(C)c3ccccc3C2CC)C(C)c2ccc3c(c2)C(C)(C)c2cc(C)c(C=C)c(C=C)c2-3)c1.CC. The van der Waals surface area contributed by atoms with Gasteiger partial charge in [0.05, 0.1) is 0 Å². The second kappa shape index (κ2) is 24.2. The maximum Gasteiger partial charge on any atom is 0.0159 e. The van der Waals surface area contributed by atoms with Crippen molar-refractivity contribution in [1.29, 1.82) is 0 Å². The van der Waals surface area contributed by atoms with Crippen LogP contribution in [0.2, 0.25) is 0 Å². The molecule has 2 aliphatic rings. The monoisotopic (exact) mass is 909 g/mol. The highest BCUT2D eigenvalue weighted by molar-refractivity contribution is 5.91. The molecule has 0 saturated carbocycles. The van der Waals surface area contributed by atoms with Crippen LogP contribution in [0.15, 0.2) is 195 Å². The summed E-state index contributed by atoms with van der Waals surface area (Å²) in [5, 5.41) is 0. The largest absolute Gasteiger partial charge is 0.0991 e. The first-order valence-electron chi connectivity index (χ1n) is 25.4. The number of aryl methyl sites for hydroxylation is 2. The van der Waals surface area contributed by atoms with Crippen LogP contribution >= 0.6 is 0 Å². The summed E-state index contributed by atoms with van der Waals surface area (Å²) in [4.78, 5) is 0. The number of hydrogen-bond donors (Lipinski definition) is 0. The summed E-state index contributed by atoms with van der Waals surface area (Å²) >= 11 is 0. The number of fused-ring (bicyclic) bond motifs is 4. The molecule has 0 amide bonds. The van der Waals surface area contributed by atoms with Gasteiger partial charge in [-0.05, 0) is 154 Å². The van der Waals surface area contributed by atoms with Crippen LogP contribution in [-0.4, -0.2) is 0 Å². The normalized spacial score (nSPS) is 16.2. The standard InChI is InChI=1S/C51H54.C16H20.C2H6/c1-12-21-35(22-13-2)37-23-20-24-38(30-37)48(42(17-6)49-34(9)43-25-18-19-26-44(43)41(49)16-5)33(8)36-27-28-45-46(31-36)51(10,11)47-29-32(7)39(14-3)40(15-4)50(45)47;1-5-9-14(6-2)16(7-3)15-11-8-10-13(4)12-15;1-2/h12-15,17-31,33,41,48H,1,3-4,16H2,2,5-11H3;5-6,8-12,16H,1-2,7H2,3-4H3;1-2H3/b22-13-,35-21+,42-17-;14-9+;. The molecule has 4 atom stereocenters. The molecule has 0 heterocycles. The zero-order valence-corrected chi connectivity index (χ0v) is 44.3. The predicted octanol–water partition coefficient (Wildman–Crippen LogP) is 20.4. The van der Waals surface area contributed by atoms with Crippen molar-refractivity contribution in [2.75, 3.05) is 0 Å². The first-order valence-corrected chi connectivity index (χ1v) is 25.4. The van der Waals surface area contributed by atoms with Crippen LogP contribution in [0.1, 0.15) is 173 Å². The lowest BCUT2D eigenvalue weighted by Gasteiger charge is -2.32. The van der Waals surface area contributed by atoms with E-state index in [-0.39, 0.29) is 17.3 Å². The van der Waals surface area contributed by atoms with Crippen LogP contribution in [0.25, 0.3) is 34.4 Å². The first kappa shape index (κ1) is 53.5. The van der Waals surface area contributed by atoms with Gasteiger partial charge >= 0.3 is 0 Å². The van der Waals surface area contributed by atoms with Gasteiger partial charge in [-0.1, -0.05) is 245 Å². The van der Waals surface area contributed by atoms with Gasteiger partial charge in [0, 0.05) is 23.2 Å². The number of benzene rings is 5. The molecule has 0 fully saturated rings. The second-order valence-electron chi connectivity index (χ2n) is 18.8. The lowest BCUT2D eigenvalue weighted by atomic mass is 9.71. The minimum absolute atomic E-state index is 0.141. The van der Waals surface area contributed by atoms with Crippen molar-refractivity contribution in [2.24, 2.45) is 0 Å². The Bertz CT molecular complexity index is 2850. The smallest absolute Gasteiger partial charge is 0.0159 e. The molecule has 0 bridgehead atoms. The fourth-order valence-corrected chi connectivity index (χ4v) is 11.3. The summed E-state index contributed by atoms with van der Waals surface area (Å²) in [5.41, 5.74) is 25.0. The molecule has 0 radical (unpaired) electrons. The first-order chi connectivity index (χ1) is 33.3. The van der Waals surface area contributed by atoms with E-state index in [1.165, 1.54) is 106 Å². The van der Waals surface area contributed by atoms with Gasteiger partial charge in [0.1, 0.15) is 0 Å². The van der Waals surface area contributed by atoms with Crippen LogP contribution < -0.4 is 0 Å². The molecule has 7 rings (SSSR count). The zero-order valence-electron chi connectivity index (χ0n) is 44.3. The molecule has 0 aliphatic heterocycles. The molecule has 0 spiro atoms. The third kappa shape index (κ3) is 10.7. The average molecular weight is 909 g/mol. The molecule has 2 aliphatic carbocycles. The summed E-state index contributed by atoms with van der Waals surface area (Å²) in [6.07, 6.45) is 22.7. The minimum atomic E-state index is -0.141. The van der Waals surface area contributed by atoms with Gasteiger partial charge in [0.2, 0.25) is 0 Å². The van der Waals surface area contributed by atoms with Gasteiger partial charge in [-0.3, -0.25) is 0 Å². The predicted molar refractivity (Wildman–Crippen MR) is 309 cm³/mol. The topological polar surface area (TPSA) is 0 Å². The van der Waals surface area contributed by atoms with Gasteiger partial charge < -0.3 is 0 Å². The van der Waals surface area contributed by atoms with Gasteiger partial charge in [0.15, 0.2) is 0 Å². The van der Waals surface area contributed by atoms with Crippen LogP contribution in [0.5, 0.6) is 0 Å². The van der Waals surface area contributed by atoms with Gasteiger partial charge in [-0.15, -0.1) is 0 Å². The van der Waals surface area contributed by atoms with Crippen LogP contribution in [0.3, 0.4) is 0 Å². The highest BCUT2D eigenvalue weighted by Gasteiger charge is 2.40. The van der Waals surface area contributed by atoms with Gasteiger partial charge in [0.25, 0.3) is 0 Å². The Morgan fingerprint density at radius 1 is 0.696 bits per heavy atom. The molecule has 5 aromatic carbocycles. The van der Waals surface area contributed by atoms with Crippen molar-refractivity contribution in [2.45, 2.75) is 125 Å². The number of allylic oxidation sites excluding steroid dienone is 13. The molecule has 5 aromatic rings. The van der Waals surface area contributed by atoms with E-state index in [0.29, 0.717) is 11.8 Å². The van der Waals surface area contributed by atoms with Crippen molar-refractivity contribution in [3.8, 4) is 11.1 Å². The van der Waals surface area contributed by atoms with Crippen molar-refractivity contribution in [3.05, 3.63) is 262 Å². The molecule has 4 unspecified atom stereocenters. The van der Waals surface area contributed by atoms with Crippen molar-refractivity contribution in [3.63, 3.8) is 0 Å². The summed E-state index contributed by atoms with van der Waals surface area (Å²) in [5.74, 6) is 1.14. The van der Waals surface area contributed by atoms with Crippen molar-refractivity contribution in [1.82, 2.24) is 0 Å². The Morgan fingerprint density at radius 3 is 1.99 bits per heavy atom. The van der Waals surface area contributed by atoms with Crippen LogP contribution in [0, 0.1) is 13.8 Å². The van der Waals surface area contributed by atoms with E-state index < -0.39 is 0 Å². The van der Waals surface area contributed by atoms with E-state index in [9.17, 15) is 0 Å². The Labute approximate surface area is 419 Å². The fraction of sp³-hybridized carbons (Fsp3) is 0.275. The Morgan fingerprint density at radius 2 is 1.38 bits per heavy atom. The van der Waals surface area contributed by atoms with Gasteiger partial charge in [-0.2, -0.15) is 0 Å². The fourth-order valence-electron chi connectivity index (χ4n) is 11.3. The molecular weight excluding hydrogens is 829 g/mol. The summed E-state index contributed by atoms with van der Waals surface area (Å²) in [6.45, 7) is 46.8. The summed E-state index contributed by atoms with van der Waals surface area (Å²) < 4.78 is 0. The molecule has 69 heavy (non-hydrogen) atoms. The zero-order chi connectivity index (χ0) is 50.6. The molecule has 0 heteroatoms. The van der Waals surface area contributed by atoms with Crippen LogP contribution in [0.4, 0.5) is 0 Å². The quantitative estimate of drug-likeness (QED) is 0.0866. The lowest BCUT2D eigenvalue weighted by Crippen LogP contribution is -2.18. The van der Waals surface area contributed by atoms with E-state index in [4.69, 9.17) is 0 Å². The second-order valence-corrected chi connectivity index (χ2v) is 18.8.